The molecule has 3 unspecified atom stereocenters. The summed E-state index contributed by atoms with van der Waals surface area (Å²) in [6, 6.07) is 1.67. The van der Waals surface area contributed by atoms with Crippen molar-refractivity contribution in [3.63, 3.8) is 0 Å². The number of carbonyl (C=O) groups is 10. The van der Waals surface area contributed by atoms with Crippen LogP contribution in [0.1, 0.15) is 99.1 Å². The van der Waals surface area contributed by atoms with E-state index in [2.05, 4.69) is 26.6 Å². The second kappa shape index (κ2) is 33.0. The van der Waals surface area contributed by atoms with Crippen LogP contribution in [0.3, 0.4) is 0 Å². The maximum atomic E-state index is 15.9. The maximum absolute atomic E-state index is 15.9. The van der Waals surface area contributed by atoms with Crippen molar-refractivity contribution in [2.45, 2.75) is 110 Å². The van der Waals surface area contributed by atoms with Gasteiger partial charge in [0.05, 0.1) is 101 Å². The average molecular weight is 1270 g/mol. The molecule has 0 spiro atoms. The second-order valence-corrected chi connectivity index (χ2v) is 22.8. The van der Waals surface area contributed by atoms with Gasteiger partial charge in [-0.1, -0.05) is 37.1 Å². The Morgan fingerprint density at radius 1 is 0.846 bits per heavy atom. The van der Waals surface area contributed by atoms with Crippen molar-refractivity contribution in [1.29, 1.82) is 0 Å². The molecular weight excluding hydrogens is 1190 g/mol. The number of nitrogens with zero attached hydrogens (tertiary/aromatic N) is 4. The molecule has 27 nitrogen and oxygen atoms in total. The fourth-order valence-corrected chi connectivity index (χ4v) is 11.5. The van der Waals surface area contributed by atoms with E-state index < -0.39 is 114 Å². The number of rotatable bonds is 36. The molecule has 0 bridgehead atoms. The summed E-state index contributed by atoms with van der Waals surface area (Å²) >= 11 is 0. The number of nitrogens with one attached hydrogen (secondary N) is 5. The Morgan fingerprint density at radius 3 is 2.20 bits per heavy atom. The third-order valence-electron chi connectivity index (χ3n) is 16.5. The van der Waals surface area contributed by atoms with Crippen molar-refractivity contribution >= 4 is 70.0 Å². The Kier molecular flexibility index (Phi) is 25.3. The minimum absolute atomic E-state index is 0.00558. The number of amides is 9. The van der Waals surface area contributed by atoms with Gasteiger partial charge in [-0.2, -0.15) is 0 Å². The van der Waals surface area contributed by atoms with Crippen molar-refractivity contribution in [3.05, 3.63) is 97.6 Å². The first-order valence-corrected chi connectivity index (χ1v) is 30.5. The van der Waals surface area contributed by atoms with Gasteiger partial charge in [0.2, 0.25) is 41.4 Å². The van der Waals surface area contributed by atoms with Gasteiger partial charge in [-0.05, 0) is 93.9 Å². The van der Waals surface area contributed by atoms with E-state index in [1.807, 2.05) is 0 Å². The van der Waals surface area contributed by atoms with E-state index in [-0.39, 0.29) is 128 Å². The van der Waals surface area contributed by atoms with Gasteiger partial charge >= 0.3 is 5.97 Å². The molecule has 0 saturated heterocycles. The van der Waals surface area contributed by atoms with Gasteiger partial charge in [0.1, 0.15) is 18.5 Å². The molecular formula is C63H81FN10O17. The molecule has 3 aliphatic heterocycles. The molecule has 9 N–H and O–H groups in total. The number of esters is 1. The number of aliphatic hydroxyl groups excluding tert-OH is 1. The molecule has 0 saturated carbocycles. The van der Waals surface area contributed by atoms with Crippen LogP contribution in [0.4, 0.5) is 4.39 Å². The zero-order chi connectivity index (χ0) is 65.9. The molecule has 0 fully saturated rings. The number of allylic oxidation sites excluding steroid dienone is 3. The Labute approximate surface area is 524 Å². The lowest BCUT2D eigenvalue weighted by Crippen LogP contribution is -2.52. The Balaban J connectivity index is 0.920. The molecule has 5 heterocycles. The number of primary amides is 1. The Morgan fingerprint density at radius 2 is 1.51 bits per heavy atom. The fraction of sp³-hybridized carbons (Fsp3) is 0.524. The summed E-state index contributed by atoms with van der Waals surface area (Å²) in [6.45, 7) is 5.52. The standard InChI is InChI=1S/C63H81FN10O17/c1-5-7-11-37(3)24-48(70-53(79)33-67-51(77)31-68-54(80)35-72(16-18-88-20-22-90-23-21-89-19-17-75)55(81)12-9-8-10-15-73-56(82)13-14-57(73)83)60(84)69-32-52(78)66-30-40(27-50(65)76)39-25-41-38(4)46(64)29-47-58(41)42(26-39)43-34-74-49(59(43)71-47)28-45-44(61(74)85)36-91-62(86)63(45,87)6-2/h5,7,11,13-14,28-29,39-40,48,75,87H,6,8-10,12,15-27,30-36H2,1-4H3,(H2,65,76)(H,66,78)(H,67,77)(H,68,80)(H,69,84)(H,70,79)/b7-5-,37-11+/t39?,40?,48?,63-/m0/s1. The number of cyclic esters (lactones) is 1. The summed E-state index contributed by atoms with van der Waals surface area (Å²) in [5, 5.41) is 33.7. The Bertz CT molecular complexity index is 3420. The van der Waals surface area contributed by atoms with Crippen molar-refractivity contribution in [2.75, 3.05) is 92.1 Å². The van der Waals surface area contributed by atoms with E-state index in [1.165, 1.54) is 27.7 Å². The molecule has 492 valence electrons. The summed E-state index contributed by atoms with van der Waals surface area (Å²) in [6.07, 6.45) is 9.36. The SMILES string of the molecule is C/C=C\C=C(/C)CC(NC(=O)CNC(=O)CNC(=O)CN(CCOCCOCCOCCO)C(=O)CCCCCN1C(=O)C=CC1=O)C(=O)NCC(=O)NCC(CC(N)=O)C1Cc2c(C)c(F)cc3nc4c(c(c23)C1)Cn1c-4cc2c(c1=O)COC(=O)[C@]2(O)CC. The first kappa shape index (κ1) is 69.9. The van der Waals surface area contributed by atoms with Crippen LogP contribution < -0.4 is 37.9 Å². The number of imide groups is 1. The molecule has 4 aliphatic rings. The number of pyridine rings is 2. The minimum atomic E-state index is -2.07. The number of hydrogen-bond donors (Lipinski definition) is 8. The highest BCUT2D eigenvalue weighted by molar-refractivity contribution is 6.12. The van der Waals surface area contributed by atoms with Crippen LogP contribution in [0.15, 0.2) is 52.9 Å². The molecule has 2 aromatic heterocycles. The van der Waals surface area contributed by atoms with E-state index in [9.17, 15) is 57.8 Å². The zero-order valence-electron chi connectivity index (χ0n) is 51.7. The van der Waals surface area contributed by atoms with E-state index in [4.69, 9.17) is 34.8 Å². The van der Waals surface area contributed by atoms with Gasteiger partial charge in [-0.25, -0.2) is 14.2 Å². The number of benzene rings is 1. The van der Waals surface area contributed by atoms with Gasteiger partial charge in [-0.15, -0.1) is 0 Å². The fourth-order valence-electron chi connectivity index (χ4n) is 11.5. The number of carbonyl (C=O) groups excluding carboxylic acids is 10. The molecule has 91 heavy (non-hydrogen) atoms. The summed E-state index contributed by atoms with van der Waals surface area (Å²) in [4.78, 5) is 151. The van der Waals surface area contributed by atoms with Crippen LogP contribution >= 0.6 is 0 Å². The number of aromatic nitrogens is 2. The summed E-state index contributed by atoms with van der Waals surface area (Å²) < 4.78 is 38.8. The molecule has 1 aliphatic carbocycles. The zero-order valence-corrected chi connectivity index (χ0v) is 51.7. The summed E-state index contributed by atoms with van der Waals surface area (Å²) in [7, 11) is 0. The van der Waals surface area contributed by atoms with E-state index in [0.717, 1.165) is 10.5 Å². The number of nitrogens with two attached hydrogens (primary N) is 1. The van der Waals surface area contributed by atoms with Gasteiger partial charge < -0.3 is 70.9 Å². The predicted molar refractivity (Wildman–Crippen MR) is 325 cm³/mol. The molecule has 7 rings (SSSR count). The molecule has 4 atom stereocenters. The largest absolute Gasteiger partial charge is 0.458 e. The lowest BCUT2D eigenvalue weighted by Gasteiger charge is -2.33. The molecule has 28 heteroatoms. The second-order valence-electron chi connectivity index (χ2n) is 22.8. The molecule has 1 aromatic carbocycles. The van der Waals surface area contributed by atoms with Gasteiger partial charge in [-0.3, -0.25) is 52.8 Å². The van der Waals surface area contributed by atoms with Crippen LogP contribution in [0, 0.1) is 24.6 Å². The first-order chi connectivity index (χ1) is 43.6. The lowest BCUT2D eigenvalue weighted by atomic mass is 9.73. The van der Waals surface area contributed by atoms with Crippen molar-refractivity contribution in [3.8, 4) is 11.4 Å². The van der Waals surface area contributed by atoms with Crippen molar-refractivity contribution < 1.29 is 81.5 Å². The first-order valence-electron chi connectivity index (χ1n) is 30.5. The molecule has 3 aromatic rings. The average Bonchev–Trinajstić information content (AvgIpc) is 1.63. The van der Waals surface area contributed by atoms with Crippen molar-refractivity contribution in [2.24, 2.45) is 17.6 Å². The highest BCUT2D eigenvalue weighted by atomic mass is 19.1. The minimum Gasteiger partial charge on any atom is -0.458 e. The number of ether oxygens (including phenoxy) is 4. The normalized spacial score (nSPS) is 17.1. The van der Waals surface area contributed by atoms with E-state index >= 15 is 4.39 Å². The topological polar surface area (TPSA) is 376 Å². The van der Waals surface area contributed by atoms with Gasteiger partial charge in [0.15, 0.2) is 5.60 Å². The van der Waals surface area contributed by atoms with Crippen molar-refractivity contribution in [1.82, 2.24) is 45.9 Å². The van der Waals surface area contributed by atoms with E-state index in [0.29, 0.717) is 70.2 Å². The van der Waals surface area contributed by atoms with Crippen LogP contribution in [0.5, 0.6) is 0 Å². The highest BCUT2D eigenvalue weighted by Gasteiger charge is 2.46. The number of unbranched alkanes of at least 4 members (excludes halogenated alkanes) is 2. The smallest absolute Gasteiger partial charge is 0.343 e. The third kappa shape index (κ3) is 18.1. The monoisotopic (exact) mass is 1270 g/mol. The van der Waals surface area contributed by atoms with Crippen LogP contribution in [-0.2, 0) is 98.5 Å². The summed E-state index contributed by atoms with van der Waals surface area (Å²) in [5.74, 6) is -7.91. The molecule has 9 amide bonds. The quantitative estimate of drug-likeness (QED) is 0.0128. The van der Waals surface area contributed by atoms with Crippen LogP contribution in [0.2, 0.25) is 0 Å². The predicted octanol–water partition coefficient (Wildman–Crippen LogP) is -0.0483. The number of halogens is 1. The maximum Gasteiger partial charge on any atom is 0.343 e. The number of aliphatic hydroxyl groups is 2. The third-order valence-corrected chi connectivity index (χ3v) is 16.5. The number of hydrogen-bond acceptors (Lipinski definition) is 18. The summed E-state index contributed by atoms with van der Waals surface area (Å²) in [5.41, 5.74) is 7.68. The van der Waals surface area contributed by atoms with Crippen LogP contribution in [-0.4, -0.2) is 187 Å². The highest BCUT2D eigenvalue weighted by Crippen LogP contribution is 2.45. The Hall–Kier alpha value is -8.57. The number of fused-ring (bicyclic) bond motifs is 5. The van der Waals surface area contributed by atoms with E-state index in [1.54, 1.807) is 52.0 Å². The van der Waals surface area contributed by atoms with Gasteiger partial charge in [0, 0.05) is 67.2 Å². The molecule has 0 radical (unpaired) electrons. The lowest BCUT2D eigenvalue weighted by molar-refractivity contribution is -0.172. The van der Waals surface area contributed by atoms with Gasteiger partial charge in [0.25, 0.3) is 17.4 Å². The van der Waals surface area contributed by atoms with Crippen LogP contribution in [0.25, 0.3) is 22.3 Å².